The molecule has 1 aromatic carbocycles. The molecule has 0 spiro atoms. The van der Waals surface area contributed by atoms with Crippen LogP contribution in [0.2, 0.25) is 0 Å². The van der Waals surface area contributed by atoms with Crippen molar-refractivity contribution in [2.45, 2.75) is 32.7 Å². The van der Waals surface area contributed by atoms with Gasteiger partial charge in [0.05, 0.1) is 6.42 Å². The quantitative estimate of drug-likeness (QED) is 0.878. The van der Waals surface area contributed by atoms with Crippen molar-refractivity contribution in [2.24, 2.45) is 0 Å². The number of rotatable bonds is 2. The van der Waals surface area contributed by atoms with Gasteiger partial charge in [0.15, 0.2) is 0 Å². The van der Waals surface area contributed by atoms with Crippen LogP contribution in [0.25, 0.3) is 0 Å². The van der Waals surface area contributed by atoms with Crippen molar-refractivity contribution in [3.63, 3.8) is 0 Å². The average molecular weight is 285 g/mol. The first-order valence-corrected chi connectivity index (χ1v) is 7.26. The molecule has 0 bridgehead atoms. The average Bonchev–Trinajstić information content (AvgIpc) is 2.70. The molecule has 0 radical (unpaired) electrons. The van der Waals surface area contributed by atoms with Gasteiger partial charge < -0.3 is 10.00 Å². The summed E-state index contributed by atoms with van der Waals surface area (Å²) in [5.74, 6) is 0.0138. The third-order valence-electron chi connectivity index (χ3n) is 4.12. The largest absolute Gasteiger partial charge is 0.338 e. The Labute approximate surface area is 123 Å². The van der Waals surface area contributed by atoms with Crippen LogP contribution in [-0.4, -0.2) is 27.5 Å². The zero-order chi connectivity index (χ0) is 14.8. The Balaban J connectivity index is 1.78. The van der Waals surface area contributed by atoms with Crippen molar-refractivity contribution in [3.05, 3.63) is 57.0 Å². The van der Waals surface area contributed by atoms with E-state index >= 15 is 0 Å². The Morgan fingerprint density at radius 1 is 1.24 bits per heavy atom. The first-order valence-electron chi connectivity index (χ1n) is 7.26. The normalized spacial score (nSPS) is 14.6. The van der Waals surface area contributed by atoms with Crippen LogP contribution in [0.4, 0.5) is 0 Å². The molecule has 3 rings (SSSR count). The zero-order valence-corrected chi connectivity index (χ0v) is 12.1. The van der Waals surface area contributed by atoms with E-state index < -0.39 is 0 Å². The number of aromatic nitrogens is 2. The molecule has 0 atom stereocenters. The van der Waals surface area contributed by atoms with Gasteiger partial charge in [-0.3, -0.25) is 14.7 Å². The highest BCUT2D eigenvalue weighted by Gasteiger charge is 2.21. The van der Waals surface area contributed by atoms with Crippen molar-refractivity contribution in [1.82, 2.24) is 15.1 Å². The highest BCUT2D eigenvalue weighted by molar-refractivity contribution is 5.79. The summed E-state index contributed by atoms with van der Waals surface area (Å²) in [5.41, 5.74) is 3.61. The number of aryl methyl sites for hydroxylation is 2. The fourth-order valence-electron chi connectivity index (χ4n) is 2.86. The number of carbonyl (C=O) groups excluding carboxylic acids is 1. The maximum Gasteiger partial charge on any atom is 0.267 e. The second-order valence-electron chi connectivity index (χ2n) is 5.55. The summed E-state index contributed by atoms with van der Waals surface area (Å²) in [7, 11) is 0. The molecule has 2 aromatic rings. The molecule has 0 saturated carbocycles. The van der Waals surface area contributed by atoms with E-state index in [4.69, 9.17) is 0 Å². The molecule has 1 amide bonds. The number of amides is 1. The van der Waals surface area contributed by atoms with Crippen LogP contribution in [0, 0.1) is 6.92 Å². The fourth-order valence-corrected chi connectivity index (χ4v) is 2.86. The van der Waals surface area contributed by atoms with Gasteiger partial charge in [-0.15, -0.1) is 0 Å². The van der Waals surface area contributed by atoms with Crippen LogP contribution < -0.4 is 5.56 Å². The number of hydrogen-bond donors (Lipinski definition) is 2. The highest BCUT2D eigenvalue weighted by Crippen LogP contribution is 2.19. The van der Waals surface area contributed by atoms with Gasteiger partial charge in [-0.1, -0.05) is 24.3 Å². The van der Waals surface area contributed by atoms with Crippen LogP contribution >= 0.6 is 0 Å². The number of H-pyrrole nitrogens is 2. The molecule has 1 aromatic heterocycles. The van der Waals surface area contributed by atoms with Crippen molar-refractivity contribution in [2.75, 3.05) is 6.54 Å². The van der Waals surface area contributed by atoms with E-state index in [0.717, 1.165) is 25.1 Å². The summed E-state index contributed by atoms with van der Waals surface area (Å²) in [6, 6.07) is 8.26. The minimum Gasteiger partial charge on any atom is -0.338 e. The number of nitrogens with one attached hydrogen (secondary N) is 2. The van der Waals surface area contributed by atoms with Gasteiger partial charge in [-0.25, -0.2) is 0 Å². The number of fused-ring (bicyclic) bond motifs is 1. The summed E-state index contributed by atoms with van der Waals surface area (Å²) >= 11 is 0. The number of carbonyl (C=O) groups is 1. The first-order chi connectivity index (χ1) is 10.1. The predicted molar refractivity (Wildman–Crippen MR) is 80.0 cm³/mol. The lowest BCUT2D eigenvalue weighted by Crippen LogP contribution is -2.33. The molecule has 0 unspecified atom stereocenters. The molecular weight excluding hydrogens is 266 g/mol. The molecule has 1 aliphatic rings. The SMILES string of the molecule is Cc1[nH][nH]c(=O)c1CC(=O)N1CCCc2ccccc2C1. The number of benzene rings is 1. The van der Waals surface area contributed by atoms with Gasteiger partial charge in [0.1, 0.15) is 0 Å². The molecule has 0 aliphatic carbocycles. The van der Waals surface area contributed by atoms with Crippen LogP contribution in [0.3, 0.4) is 0 Å². The van der Waals surface area contributed by atoms with Crippen molar-refractivity contribution in [1.29, 1.82) is 0 Å². The molecule has 2 heterocycles. The van der Waals surface area contributed by atoms with E-state index in [1.807, 2.05) is 17.0 Å². The molecular formula is C16H19N3O2. The van der Waals surface area contributed by atoms with Crippen LogP contribution in [0.15, 0.2) is 29.1 Å². The minimum absolute atomic E-state index is 0.0138. The standard InChI is InChI=1S/C16H19N3O2/c1-11-14(16(21)18-17-11)9-15(20)19-8-4-7-12-5-2-3-6-13(12)10-19/h2-3,5-6H,4,7-10H2,1H3,(H2,17,18,21). The van der Waals surface area contributed by atoms with Gasteiger partial charge in [-0.2, -0.15) is 0 Å². The maximum atomic E-state index is 12.5. The first kappa shape index (κ1) is 13.7. The van der Waals surface area contributed by atoms with Gasteiger partial charge >= 0.3 is 0 Å². The van der Waals surface area contributed by atoms with E-state index in [0.29, 0.717) is 12.1 Å². The molecule has 0 saturated heterocycles. The molecule has 5 nitrogen and oxygen atoms in total. The molecule has 1 aliphatic heterocycles. The van der Waals surface area contributed by atoms with Gasteiger partial charge in [0.2, 0.25) is 5.91 Å². The molecule has 5 heteroatoms. The molecule has 2 N–H and O–H groups in total. The van der Waals surface area contributed by atoms with E-state index in [1.54, 1.807) is 6.92 Å². The molecule has 0 fully saturated rings. The molecule has 110 valence electrons. The van der Waals surface area contributed by atoms with Crippen molar-refractivity contribution < 1.29 is 4.79 Å². The predicted octanol–water partition coefficient (Wildman–Crippen LogP) is 1.53. The Morgan fingerprint density at radius 3 is 2.71 bits per heavy atom. The molecule has 21 heavy (non-hydrogen) atoms. The van der Waals surface area contributed by atoms with Gasteiger partial charge in [0.25, 0.3) is 5.56 Å². The van der Waals surface area contributed by atoms with Crippen molar-refractivity contribution in [3.8, 4) is 0 Å². The maximum absolute atomic E-state index is 12.5. The van der Waals surface area contributed by atoms with Crippen LogP contribution in [0.1, 0.15) is 28.8 Å². The Morgan fingerprint density at radius 2 is 2.00 bits per heavy atom. The second kappa shape index (κ2) is 5.60. The highest BCUT2D eigenvalue weighted by atomic mass is 16.2. The number of nitrogens with zero attached hydrogens (tertiary/aromatic N) is 1. The lowest BCUT2D eigenvalue weighted by molar-refractivity contribution is -0.131. The number of hydrogen-bond acceptors (Lipinski definition) is 2. The monoisotopic (exact) mass is 285 g/mol. The summed E-state index contributed by atoms with van der Waals surface area (Å²) in [4.78, 5) is 26.0. The summed E-state index contributed by atoms with van der Waals surface area (Å²) in [5, 5.41) is 5.29. The topological polar surface area (TPSA) is 69.0 Å². The van der Waals surface area contributed by atoms with Gasteiger partial charge in [0, 0.05) is 24.3 Å². The Hall–Kier alpha value is -2.30. The lowest BCUT2D eigenvalue weighted by atomic mass is 10.0. The lowest BCUT2D eigenvalue weighted by Gasteiger charge is -2.20. The third-order valence-corrected chi connectivity index (χ3v) is 4.12. The zero-order valence-electron chi connectivity index (χ0n) is 12.1. The van der Waals surface area contributed by atoms with Gasteiger partial charge in [-0.05, 0) is 30.9 Å². The third kappa shape index (κ3) is 2.77. The minimum atomic E-state index is -0.198. The second-order valence-corrected chi connectivity index (χ2v) is 5.55. The smallest absolute Gasteiger partial charge is 0.267 e. The van der Waals surface area contributed by atoms with E-state index in [1.165, 1.54) is 11.1 Å². The van der Waals surface area contributed by atoms with E-state index in [2.05, 4.69) is 22.3 Å². The Bertz CT molecular complexity index is 714. The van der Waals surface area contributed by atoms with Crippen molar-refractivity contribution >= 4 is 5.91 Å². The number of aromatic amines is 2. The van der Waals surface area contributed by atoms with E-state index in [-0.39, 0.29) is 17.9 Å². The van der Waals surface area contributed by atoms with Crippen LogP contribution in [-0.2, 0) is 24.2 Å². The Kier molecular flexibility index (Phi) is 3.64. The van der Waals surface area contributed by atoms with E-state index in [9.17, 15) is 9.59 Å². The summed E-state index contributed by atoms with van der Waals surface area (Å²) < 4.78 is 0. The summed E-state index contributed by atoms with van der Waals surface area (Å²) in [6.45, 7) is 3.18. The summed E-state index contributed by atoms with van der Waals surface area (Å²) in [6.07, 6.45) is 2.13. The fraction of sp³-hybridized carbons (Fsp3) is 0.375. The van der Waals surface area contributed by atoms with Crippen LogP contribution in [0.5, 0.6) is 0 Å².